The predicted octanol–water partition coefficient (Wildman–Crippen LogP) is 8.17. The average molecular weight is 1050 g/mol. The fraction of sp³-hybridized carbons (Fsp3) is 0.685. The van der Waals surface area contributed by atoms with Crippen LogP contribution in [0.3, 0.4) is 0 Å². The molecule has 19 heteroatoms. The highest BCUT2D eigenvalue weighted by Crippen LogP contribution is 2.49. The van der Waals surface area contributed by atoms with Gasteiger partial charge in [-0.15, -0.1) is 0 Å². The van der Waals surface area contributed by atoms with Crippen molar-refractivity contribution in [3.8, 4) is 0 Å². The van der Waals surface area contributed by atoms with Gasteiger partial charge in [0.2, 0.25) is 0 Å². The van der Waals surface area contributed by atoms with Crippen LogP contribution < -0.4 is 11.0 Å². The smallest absolute Gasteiger partial charge is 0.320 e. The van der Waals surface area contributed by atoms with Crippen LogP contribution >= 0.6 is 7.82 Å². The largest absolute Gasteiger partial charge is 0.756 e. The zero-order chi connectivity index (χ0) is 54.3. The maximum atomic E-state index is 14.0. The van der Waals surface area contributed by atoms with E-state index >= 15 is 0 Å². The van der Waals surface area contributed by atoms with Crippen LogP contribution in [0.1, 0.15) is 147 Å². The van der Waals surface area contributed by atoms with Crippen LogP contribution in [-0.2, 0) is 66.7 Å². The Bertz CT molecular complexity index is 2000. The molecule has 0 bridgehead atoms. The van der Waals surface area contributed by atoms with E-state index < -0.39 is 97.5 Å². The minimum absolute atomic E-state index is 0. The summed E-state index contributed by atoms with van der Waals surface area (Å²) in [5, 5.41) is 0. The molecular weight excluding hydrogens is 960 g/mol. The third-order valence-electron chi connectivity index (χ3n) is 10.9. The van der Waals surface area contributed by atoms with E-state index in [1.807, 2.05) is 36.4 Å². The van der Waals surface area contributed by atoms with Crippen LogP contribution in [-0.4, -0.2) is 144 Å². The molecule has 1 saturated carbocycles. The van der Waals surface area contributed by atoms with Crippen molar-refractivity contribution >= 4 is 37.7 Å². The van der Waals surface area contributed by atoms with Gasteiger partial charge in [-0.1, -0.05) is 60.7 Å². The molecule has 1 aliphatic carbocycles. The summed E-state index contributed by atoms with van der Waals surface area (Å²) in [7, 11) is -5.08. The lowest BCUT2D eigenvalue weighted by Crippen LogP contribution is -2.53. The molecule has 0 amide bonds. The molecule has 1 aliphatic rings. The number of phosphoric ester groups is 1. The van der Waals surface area contributed by atoms with Crippen LogP contribution in [0.15, 0.2) is 60.7 Å². The van der Waals surface area contributed by atoms with Crippen LogP contribution in [0, 0.1) is 0 Å². The Morgan fingerprint density at radius 3 is 1.25 bits per heavy atom. The number of quaternary nitrogens is 1. The van der Waals surface area contributed by atoms with Gasteiger partial charge in [0.05, 0.1) is 45.4 Å². The molecule has 2 aromatic carbocycles. The molecule has 18 nitrogen and oxygen atoms in total. The number of nitrogens with zero attached hydrogens (tertiary/aromatic N) is 3. The third kappa shape index (κ3) is 26.2. The van der Waals surface area contributed by atoms with Crippen molar-refractivity contribution in [3.63, 3.8) is 0 Å². The molecule has 2 atom stereocenters. The fourth-order valence-electron chi connectivity index (χ4n) is 8.44. The summed E-state index contributed by atoms with van der Waals surface area (Å²) >= 11 is 0. The molecule has 3 rings (SSSR count). The van der Waals surface area contributed by atoms with Crippen molar-refractivity contribution in [1.82, 2.24) is 20.9 Å². The number of hydrogen-bond donors (Lipinski definition) is 1. The predicted molar refractivity (Wildman–Crippen MR) is 279 cm³/mol. The second kappa shape index (κ2) is 27.5. The minimum atomic E-state index is -5.08. The molecule has 0 spiro atoms. The van der Waals surface area contributed by atoms with Gasteiger partial charge in [-0.3, -0.25) is 43.2 Å². The summed E-state index contributed by atoms with van der Waals surface area (Å²) in [6.07, 6.45) is 1.61. The number of esters is 5. The summed E-state index contributed by atoms with van der Waals surface area (Å²) in [5.74, 6) is -3.14. The van der Waals surface area contributed by atoms with Crippen LogP contribution in [0.2, 0.25) is 0 Å². The molecule has 73 heavy (non-hydrogen) atoms. The van der Waals surface area contributed by atoms with Crippen LogP contribution in [0.4, 0.5) is 0 Å². The number of hydrogen-bond acceptors (Lipinski definition) is 17. The van der Waals surface area contributed by atoms with E-state index in [2.05, 4.69) is 24.3 Å². The number of rotatable bonds is 24. The number of phosphoric acid groups is 1. The highest BCUT2D eigenvalue weighted by Gasteiger charge is 2.40. The minimum Gasteiger partial charge on any atom is -0.756 e. The number of carbonyl (C=O) groups is 5. The molecule has 0 aromatic heterocycles. The van der Waals surface area contributed by atoms with Gasteiger partial charge in [-0.2, -0.15) is 0 Å². The first kappa shape index (κ1) is 64.9. The lowest BCUT2D eigenvalue weighted by Gasteiger charge is -2.42. The van der Waals surface area contributed by atoms with E-state index in [1.54, 1.807) is 114 Å². The monoisotopic (exact) mass is 1050 g/mol. The Hall–Kier alpha value is -4.26. The van der Waals surface area contributed by atoms with Gasteiger partial charge in [0.15, 0.2) is 0 Å². The average Bonchev–Trinajstić information content (AvgIpc) is 3.19. The van der Waals surface area contributed by atoms with E-state index in [0.717, 1.165) is 11.1 Å². The zero-order valence-electron chi connectivity index (χ0n) is 46.8. The van der Waals surface area contributed by atoms with E-state index in [9.17, 15) is 33.4 Å². The summed E-state index contributed by atoms with van der Waals surface area (Å²) in [6.45, 7) is 23.5. The molecule has 0 saturated heterocycles. The summed E-state index contributed by atoms with van der Waals surface area (Å²) in [5.41, 5.74) is -2.36. The van der Waals surface area contributed by atoms with Gasteiger partial charge >= 0.3 is 29.8 Å². The van der Waals surface area contributed by atoms with Gasteiger partial charge in [0.25, 0.3) is 7.82 Å². The summed E-state index contributed by atoms with van der Waals surface area (Å²) in [4.78, 5) is 85.6. The van der Waals surface area contributed by atoms with Gasteiger partial charge in [0, 0.05) is 31.1 Å². The Kier molecular flexibility index (Phi) is 24.4. The van der Waals surface area contributed by atoms with E-state index in [-0.39, 0.29) is 57.3 Å². The highest BCUT2D eigenvalue weighted by atomic mass is 31.2. The van der Waals surface area contributed by atoms with Gasteiger partial charge in [0.1, 0.15) is 28.0 Å². The van der Waals surface area contributed by atoms with Crippen molar-refractivity contribution in [2.75, 3.05) is 59.0 Å². The van der Waals surface area contributed by atoms with Crippen molar-refractivity contribution in [1.29, 1.82) is 0 Å². The normalized spacial score (nSPS) is 16.0. The van der Waals surface area contributed by atoms with Crippen LogP contribution in [0.25, 0.3) is 0 Å². The summed E-state index contributed by atoms with van der Waals surface area (Å²) in [6, 6.07) is 19.2. The van der Waals surface area contributed by atoms with Crippen LogP contribution in [0.5, 0.6) is 0 Å². The number of carbonyl (C=O) groups excluding carboxylic acids is 5. The Balaban J connectivity index is 0.0000183. The molecule has 4 N–H and O–H groups in total. The molecule has 414 valence electrons. The van der Waals surface area contributed by atoms with Gasteiger partial charge in [-0.05, 0) is 147 Å². The molecule has 0 heterocycles. The first-order valence-corrected chi connectivity index (χ1v) is 26.5. The molecule has 1 fully saturated rings. The third-order valence-corrected chi connectivity index (χ3v) is 11.9. The maximum Gasteiger partial charge on any atom is 0.320 e. The first-order valence-electron chi connectivity index (χ1n) is 25.0. The van der Waals surface area contributed by atoms with E-state index in [1.165, 1.54) is 4.90 Å². The number of benzene rings is 2. The second-order valence-electron chi connectivity index (χ2n) is 23.7. The van der Waals surface area contributed by atoms with Crippen molar-refractivity contribution in [2.24, 2.45) is 0 Å². The SMILES string of the molecule is CC(C)(C)OC(=O)CN(CCCN(CC(=O)OC(C)(C)C)CC(COP(=O)([O-])OC1CCC(c2ccccc2)(c2ccccc2)CC1)N(CC(=O)OC(C)(C)C)CC(=O)OC(C)(C)C)CC(=O)OC(C)(C)C.[NH4+]. The topological polar surface area (TPSA) is 236 Å². The lowest BCUT2D eigenvalue weighted by molar-refractivity contribution is -0.232. The lowest BCUT2D eigenvalue weighted by atomic mass is 9.65. The summed E-state index contributed by atoms with van der Waals surface area (Å²) < 4.78 is 53.8. The Labute approximate surface area is 435 Å². The van der Waals surface area contributed by atoms with E-state index in [0.29, 0.717) is 25.7 Å². The number of ether oxygens (including phenoxy) is 5. The molecule has 0 radical (unpaired) electrons. The van der Waals surface area contributed by atoms with Gasteiger partial charge in [-0.25, -0.2) is 0 Å². The maximum absolute atomic E-state index is 14.0. The molecular formula is C54H89N4O14P. The van der Waals surface area contributed by atoms with Gasteiger partial charge < -0.3 is 43.8 Å². The Morgan fingerprint density at radius 1 is 0.562 bits per heavy atom. The van der Waals surface area contributed by atoms with Crippen molar-refractivity contribution in [3.05, 3.63) is 71.8 Å². The first-order chi connectivity index (χ1) is 33.0. The van der Waals surface area contributed by atoms with Crippen molar-refractivity contribution < 1.29 is 66.2 Å². The molecule has 0 aliphatic heterocycles. The molecule has 2 aromatic rings. The molecule has 2 unspecified atom stereocenters. The second-order valence-corrected chi connectivity index (χ2v) is 25.0. The van der Waals surface area contributed by atoms with E-state index in [4.69, 9.17) is 32.7 Å². The fourth-order valence-corrected chi connectivity index (χ4v) is 9.43. The highest BCUT2D eigenvalue weighted by molar-refractivity contribution is 7.45. The quantitative estimate of drug-likeness (QED) is 0.0593. The Morgan fingerprint density at radius 2 is 0.890 bits per heavy atom. The van der Waals surface area contributed by atoms with Crippen molar-refractivity contribution in [2.45, 2.75) is 182 Å². The zero-order valence-corrected chi connectivity index (χ0v) is 47.7. The standard InChI is InChI=1S/C54H86N3O14P.H3N/c1-49(2,3)66-44(58)34-55(31-22-32-56(35-45(59)67-50(4,5)6)36-46(60)68-51(7,8)9)33-42(57(37-47(61)69-52(10,11)12)38-48(62)70-53(13,14)15)39-65-72(63,64)71-43-27-29-54(30-28-43,40-23-18-16-19-24-40)41-25-20-17-21-26-41;/h16-21,23-26,42-43H,22,27-39H2,1-15H3,(H,63,64);1H3.